The Morgan fingerprint density at radius 2 is 1.79 bits per heavy atom. The van der Waals surface area contributed by atoms with E-state index in [0.717, 1.165) is 18.2 Å². The summed E-state index contributed by atoms with van der Waals surface area (Å²) >= 11 is 1.57. The number of carbonyl (C=O) groups excluding carboxylic acids is 1. The molecule has 0 aliphatic carbocycles. The number of halogens is 6. The van der Waals surface area contributed by atoms with E-state index < -0.39 is 64.2 Å². The second kappa shape index (κ2) is 10.1. The molecule has 0 aliphatic rings. The van der Waals surface area contributed by atoms with Crippen molar-refractivity contribution in [2.45, 2.75) is 6.42 Å². The highest BCUT2D eigenvalue weighted by atomic mass is 127. The van der Waals surface area contributed by atoms with Gasteiger partial charge in [0.25, 0.3) is 5.91 Å². The fourth-order valence-corrected chi connectivity index (χ4v) is 3.39. The minimum atomic E-state index is -1.53. The number of aromatic nitrogens is 1. The van der Waals surface area contributed by atoms with Crippen LogP contribution in [0.4, 0.5) is 39.1 Å². The van der Waals surface area contributed by atoms with E-state index in [1.807, 2.05) is 0 Å². The van der Waals surface area contributed by atoms with E-state index in [0.29, 0.717) is 0 Å². The van der Waals surface area contributed by atoms with E-state index in [9.17, 15) is 22.4 Å². The molecule has 3 rings (SSSR count). The maximum atomic E-state index is 15.1. The maximum absolute atomic E-state index is 15.1. The van der Waals surface area contributed by atoms with Crippen LogP contribution in [0.15, 0.2) is 43.1 Å². The predicted octanol–water partition coefficient (Wildman–Crippen LogP) is 5.21. The van der Waals surface area contributed by atoms with Gasteiger partial charge in [0.1, 0.15) is 11.6 Å². The molecule has 5 nitrogen and oxygen atoms in total. The molecule has 0 bridgehead atoms. The Morgan fingerprint density at radius 3 is 2.48 bits per heavy atom. The minimum absolute atomic E-state index is 0.00532. The SMILES string of the molecule is C=CCNC(=O)c1cc(Cc2ccnc(N)c2F)c(F)c(F)c1Nc1cc(F)c(I)cc1F. The molecule has 1 amide bonds. The van der Waals surface area contributed by atoms with Crippen molar-refractivity contribution >= 4 is 45.7 Å². The number of rotatable bonds is 7. The Kier molecular flexibility index (Phi) is 7.51. The first kappa shape index (κ1) is 24.4. The first-order valence-electron chi connectivity index (χ1n) is 9.34. The summed E-state index contributed by atoms with van der Waals surface area (Å²) in [5.74, 6) is -6.87. The van der Waals surface area contributed by atoms with Crippen molar-refractivity contribution in [2.75, 3.05) is 17.6 Å². The van der Waals surface area contributed by atoms with Gasteiger partial charge in [-0.25, -0.2) is 26.9 Å². The number of benzene rings is 2. The lowest BCUT2D eigenvalue weighted by atomic mass is 9.99. The van der Waals surface area contributed by atoms with Gasteiger partial charge in [-0.1, -0.05) is 6.08 Å². The van der Waals surface area contributed by atoms with Gasteiger partial charge in [0, 0.05) is 25.2 Å². The first-order chi connectivity index (χ1) is 15.6. The van der Waals surface area contributed by atoms with Gasteiger partial charge >= 0.3 is 0 Å². The molecule has 2 aromatic carbocycles. The number of hydrogen-bond acceptors (Lipinski definition) is 4. The molecule has 4 N–H and O–H groups in total. The second-order valence-corrected chi connectivity index (χ2v) is 7.96. The van der Waals surface area contributed by atoms with E-state index in [2.05, 4.69) is 22.2 Å². The molecule has 0 spiro atoms. The third-order valence-corrected chi connectivity index (χ3v) is 5.41. The molecule has 3 aromatic rings. The highest BCUT2D eigenvalue weighted by Gasteiger charge is 2.24. The average molecular weight is 574 g/mol. The van der Waals surface area contributed by atoms with Gasteiger partial charge in [-0.05, 0) is 51.9 Å². The lowest BCUT2D eigenvalue weighted by Crippen LogP contribution is -2.25. The summed E-state index contributed by atoms with van der Waals surface area (Å²) in [6.07, 6.45) is 2.11. The Hall–Kier alpha value is -3.22. The molecular formula is C22H16F5IN4O. The molecule has 1 aromatic heterocycles. The topological polar surface area (TPSA) is 80.0 Å². The predicted molar refractivity (Wildman–Crippen MR) is 123 cm³/mol. The molecule has 0 radical (unpaired) electrons. The van der Waals surface area contributed by atoms with Crippen LogP contribution in [0.3, 0.4) is 0 Å². The van der Waals surface area contributed by atoms with Crippen LogP contribution in [0.2, 0.25) is 0 Å². The van der Waals surface area contributed by atoms with E-state index in [4.69, 9.17) is 5.73 Å². The molecule has 33 heavy (non-hydrogen) atoms. The fraction of sp³-hybridized carbons (Fsp3) is 0.0909. The maximum Gasteiger partial charge on any atom is 0.253 e. The molecular weight excluding hydrogens is 558 g/mol. The second-order valence-electron chi connectivity index (χ2n) is 6.80. The quantitative estimate of drug-likeness (QED) is 0.157. The summed E-state index contributed by atoms with van der Waals surface area (Å²) < 4.78 is 72.5. The third kappa shape index (κ3) is 5.24. The summed E-state index contributed by atoms with van der Waals surface area (Å²) in [5.41, 5.74) is 3.34. The van der Waals surface area contributed by atoms with Crippen molar-refractivity contribution in [1.29, 1.82) is 0 Å². The Bertz CT molecular complexity index is 1250. The summed E-state index contributed by atoms with van der Waals surface area (Å²) in [6, 6.07) is 3.84. The van der Waals surface area contributed by atoms with E-state index in [-0.39, 0.29) is 21.2 Å². The number of nitrogen functional groups attached to an aromatic ring is 1. The van der Waals surface area contributed by atoms with Crippen LogP contribution >= 0.6 is 22.6 Å². The highest BCUT2D eigenvalue weighted by Crippen LogP contribution is 2.32. The Labute approximate surface area is 199 Å². The summed E-state index contributed by atoms with van der Waals surface area (Å²) in [6.45, 7) is 3.45. The molecule has 172 valence electrons. The molecule has 1 heterocycles. The van der Waals surface area contributed by atoms with Crippen molar-refractivity contribution < 1.29 is 26.7 Å². The largest absolute Gasteiger partial charge is 0.381 e. The normalized spacial score (nSPS) is 10.7. The molecule has 0 saturated heterocycles. The van der Waals surface area contributed by atoms with Crippen LogP contribution in [-0.4, -0.2) is 17.4 Å². The molecule has 0 atom stereocenters. The Morgan fingerprint density at radius 1 is 1.06 bits per heavy atom. The standard InChI is InChI=1S/C22H16F5IN4O/c1-2-4-31-22(33)12-7-11(6-10-3-5-30-21(29)18(10)26)17(25)19(27)20(12)32-16-9-13(23)15(28)8-14(16)24/h2-3,5,7-9,32H,1,4,6H2,(H2,29,30)(H,31,33). The van der Waals surface area contributed by atoms with E-state index in [1.54, 1.807) is 22.6 Å². The molecule has 11 heteroatoms. The number of amides is 1. The monoisotopic (exact) mass is 574 g/mol. The number of nitrogens with one attached hydrogen (secondary N) is 2. The summed E-state index contributed by atoms with van der Waals surface area (Å²) in [4.78, 5) is 16.2. The smallest absolute Gasteiger partial charge is 0.253 e. The number of nitrogens with two attached hydrogens (primary N) is 1. The zero-order valence-electron chi connectivity index (χ0n) is 16.8. The van der Waals surface area contributed by atoms with Gasteiger partial charge in [0.2, 0.25) is 0 Å². The molecule has 0 saturated carbocycles. The number of hydrogen-bond donors (Lipinski definition) is 3. The average Bonchev–Trinajstić information content (AvgIpc) is 2.78. The fourth-order valence-electron chi connectivity index (χ4n) is 2.97. The van der Waals surface area contributed by atoms with Gasteiger partial charge in [0.05, 0.1) is 20.5 Å². The van der Waals surface area contributed by atoms with Crippen LogP contribution < -0.4 is 16.4 Å². The number of nitrogens with zero attached hydrogens (tertiary/aromatic N) is 1. The lowest BCUT2D eigenvalue weighted by molar-refractivity contribution is 0.0958. The minimum Gasteiger partial charge on any atom is -0.381 e. The number of carbonyl (C=O) groups is 1. The van der Waals surface area contributed by atoms with Gasteiger partial charge in [-0.2, -0.15) is 0 Å². The lowest BCUT2D eigenvalue weighted by Gasteiger charge is -2.17. The number of anilines is 3. The zero-order valence-corrected chi connectivity index (χ0v) is 18.9. The van der Waals surface area contributed by atoms with Crippen molar-refractivity contribution in [3.63, 3.8) is 0 Å². The van der Waals surface area contributed by atoms with Crippen molar-refractivity contribution in [3.05, 3.63) is 92.5 Å². The number of pyridine rings is 1. The van der Waals surface area contributed by atoms with Crippen LogP contribution in [-0.2, 0) is 6.42 Å². The Balaban J connectivity index is 2.13. The first-order valence-corrected chi connectivity index (χ1v) is 10.4. The van der Waals surface area contributed by atoms with E-state index >= 15 is 4.39 Å². The zero-order chi connectivity index (χ0) is 24.3. The van der Waals surface area contributed by atoms with Crippen LogP contribution in [0.25, 0.3) is 0 Å². The molecule has 0 aliphatic heterocycles. The van der Waals surface area contributed by atoms with Crippen molar-refractivity contribution in [3.8, 4) is 0 Å². The third-order valence-electron chi connectivity index (χ3n) is 4.58. The van der Waals surface area contributed by atoms with Gasteiger partial charge in [-0.15, -0.1) is 6.58 Å². The van der Waals surface area contributed by atoms with Gasteiger partial charge in [0.15, 0.2) is 23.3 Å². The van der Waals surface area contributed by atoms with Gasteiger partial charge < -0.3 is 16.4 Å². The van der Waals surface area contributed by atoms with Crippen molar-refractivity contribution in [1.82, 2.24) is 10.3 Å². The van der Waals surface area contributed by atoms with Crippen LogP contribution in [0, 0.1) is 32.7 Å². The highest BCUT2D eigenvalue weighted by molar-refractivity contribution is 14.1. The van der Waals surface area contributed by atoms with Gasteiger partial charge in [-0.3, -0.25) is 4.79 Å². The van der Waals surface area contributed by atoms with E-state index in [1.165, 1.54) is 18.3 Å². The summed E-state index contributed by atoms with van der Waals surface area (Å²) in [5, 5.41) is 4.67. The summed E-state index contributed by atoms with van der Waals surface area (Å²) in [7, 11) is 0. The molecule has 0 fully saturated rings. The van der Waals surface area contributed by atoms with Crippen LogP contribution in [0.1, 0.15) is 21.5 Å². The van der Waals surface area contributed by atoms with Crippen LogP contribution in [0.5, 0.6) is 0 Å². The molecule has 0 unspecified atom stereocenters. The van der Waals surface area contributed by atoms with Crippen molar-refractivity contribution in [2.24, 2.45) is 0 Å².